The molecule has 32 heavy (non-hydrogen) atoms. The van der Waals surface area contributed by atoms with Gasteiger partial charge in [0.25, 0.3) is 0 Å². The number of anilines is 1. The van der Waals surface area contributed by atoms with E-state index in [1.165, 1.54) is 24.3 Å². The molecule has 7 nitrogen and oxygen atoms in total. The van der Waals surface area contributed by atoms with Crippen LogP contribution in [0.25, 0.3) is 0 Å². The molecular formula is C23H26FN3O4S. The number of nitrogens with one attached hydrogen (secondary N) is 2. The van der Waals surface area contributed by atoms with E-state index in [4.69, 9.17) is 0 Å². The van der Waals surface area contributed by atoms with E-state index in [-0.39, 0.29) is 42.2 Å². The van der Waals surface area contributed by atoms with Gasteiger partial charge < -0.3 is 10.6 Å². The van der Waals surface area contributed by atoms with Crippen molar-refractivity contribution in [3.05, 3.63) is 59.9 Å². The van der Waals surface area contributed by atoms with Crippen LogP contribution in [0.15, 0.2) is 53.4 Å². The highest BCUT2D eigenvalue weighted by Gasteiger charge is 2.41. The van der Waals surface area contributed by atoms with E-state index in [0.29, 0.717) is 24.1 Å². The van der Waals surface area contributed by atoms with Gasteiger partial charge in [0.1, 0.15) is 5.82 Å². The molecule has 1 saturated carbocycles. The topological polar surface area (TPSA) is 95.6 Å². The van der Waals surface area contributed by atoms with Crippen LogP contribution in [0.4, 0.5) is 10.1 Å². The number of hydrogen-bond donors (Lipinski definition) is 2. The number of benzene rings is 2. The van der Waals surface area contributed by atoms with E-state index in [9.17, 15) is 22.4 Å². The van der Waals surface area contributed by atoms with Crippen molar-refractivity contribution in [2.75, 3.05) is 25.0 Å². The van der Waals surface area contributed by atoms with Crippen LogP contribution < -0.4 is 10.6 Å². The molecule has 1 aliphatic carbocycles. The molecule has 0 radical (unpaired) electrons. The maximum atomic E-state index is 13.9. The van der Waals surface area contributed by atoms with Crippen molar-refractivity contribution in [2.45, 2.75) is 42.4 Å². The molecule has 2 N–H and O–H groups in total. The van der Waals surface area contributed by atoms with Gasteiger partial charge in [0, 0.05) is 18.8 Å². The van der Waals surface area contributed by atoms with Gasteiger partial charge in [-0.05, 0) is 48.7 Å². The summed E-state index contributed by atoms with van der Waals surface area (Å²) in [7, 11) is -3.88. The Morgan fingerprint density at radius 1 is 1.06 bits per heavy atom. The predicted octanol–water partition coefficient (Wildman–Crippen LogP) is 2.79. The number of halogens is 1. The SMILES string of the molecule is O=C1CN(S(=O)(=O)c2cccc(NC(=O)C3(c4cccc(F)c4)CCCCC3)c2)CCN1. The Morgan fingerprint density at radius 3 is 2.53 bits per heavy atom. The van der Waals surface area contributed by atoms with Crippen LogP contribution in [-0.2, 0) is 25.0 Å². The minimum atomic E-state index is -3.88. The molecule has 0 bridgehead atoms. The standard InChI is InChI=1S/C23H26FN3O4S/c24-18-7-4-6-17(14-18)23(10-2-1-3-11-23)22(29)26-19-8-5-9-20(15-19)32(30,31)27-13-12-25-21(28)16-27/h4-9,14-15H,1-3,10-13,16H2,(H,25,28)(H,26,29). The van der Waals surface area contributed by atoms with Crippen molar-refractivity contribution in [1.29, 1.82) is 0 Å². The molecule has 2 fully saturated rings. The Balaban J connectivity index is 1.61. The third-order valence-corrected chi connectivity index (χ3v) is 8.09. The fourth-order valence-electron chi connectivity index (χ4n) is 4.54. The molecule has 2 aromatic carbocycles. The van der Waals surface area contributed by atoms with Gasteiger partial charge in [-0.25, -0.2) is 12.8 Å². The minimum Gasteiger partial charge on any atom is -0.354 e. The van der Waals surface area contributed by atoms with Crippen molar-refractivity contribution in [3.63, 3.8) is 0 Å². The second-order valence-corrected chi connectivity index (χ2v) is 10.3. The fraction of sp³-hybridized carbons (Fsp3) is 0.391. The van der Waals surface area contributed by atoms with E-state index in [1.54, 1.807) is 24.3 Å². The van der Waals surface area contributed by atoms with Crippen LogP contribution in [0, 0.1) is 5.82 Å². The van der Waals surface area contributed by atoms with Crippen LogP contribution in [0.5, 0.6) is 0 Å². The first-order valence-corrected chi connectivity index (χ1v) is 12.2. The zero-order valence-electron chi connectivity index (χ0n) is 17.6. The van der Waals surface area contributed by atoms with Gasteiger partial charge >= 0.3 is 0 Å². The number of hydrogen-bond acceptors (Lipinski definition) is 4. The van der Waals surface area contributed by atoms with Gasteiger partial charge in [-0.1, -0.05) is 37.5 Å². The summed E-state index contributed by atoms with van der Waals surface area (Å²) in [5.74, 6) is -1.01. The lowest BCUT2D eigenvalue weighted by Gasteiger charge is -2.36. The summed E-state index contributed by atoms with van der Waals surface area (Å²) in [5.41, 5.74) is 0.122. The number of carbonyl (C=O) groups is 2. The Kier molecular flexibility index (Phi) is 6.30. The van der Waals surface area contributed by atoms with E-state index >= 15 is 0 Å². The Morgan fingerprint density at radius 2 is 1.81 bits per heavy atom. The summed E-state index contributed by atoms with van der Waals surface area (Å²) in [5, 5.41) is 5.48. The quantitative estimate of drug-likeness (QED) is 0.719. The van der Waals surface area contributed by atoms with Crippen LogP contribution >= 0.6 is 0 Å². The first-order chi connectivity index (χ1) is 15.3. The number of amides is 2. The summed E-state index contributed by atoms with van der Waals surface area (Å²) in [6, 6.07) is 12.2. The molecule has 1 heterocycles. The van der Waals surface area contributed by atoms with Crippen molar-refractivity contribution in [2.24, 2.45) is 0 Å². The summed E-state index contributed by atoms with van der Waals surface area (Å²) >= 11 is 0. The highest BCUT2D eigenvalue weighted by Crippen LogP contribution is 2.40. The molecule has 0 unspecified atom stereocenters. The van der Waals surface area contributed by atoms with Gasteiger partial charge in [0.2, 0.25) is 21.8 Å². The maximum absolute atomic E-state index is 13.9. The van der Waals surface area contributed by atoms with E-state index in [1.807, 2.05) is 0 Å². The highest BCUT2D eigenvalue weighted by molar-refractivity contribution is 7.89. The smallest absolute Gasteiger partial charge is 0.243 e. The van der Waals surface area contributed by atoms with E-state index in [2.05, 4.69) is 10.6 Å². The summed E-state index contributed by atoms with van der Waals surface area (Å²) in [4.78, 5) is 25.1. The molecule has 0 aromatic heterocycles. The molecule has 2 aliphatic rings. The zero-order valence-corrected chi connectivity index (χ0v) is 18.5. The Labute approximate surface area is 187 Å². The van der Waals surface area contributed by atoms with Gasteiger partial charge in [-0.15, -0.1) is 0 Å². The lowest BCUT2D eigenvalue weighted by molar-refractivity contribution is -0.123. The monoisotopic (exact) mass is 459 g/mol. The number of piperazine rings is 1. The van der Waals surface area contributed by atoms with Crippen LogP contribution in [0.2, 0.25) is 0 Å². The second-order valence-electron chi connectivity index (χ2n) is 8.32. The van der Waals surface area contributed by atoms with Crippen molar-refractivity contribution >= 4 is 27.5 Å². The van der Waals surface area contributed by atoms with Crippen molar-refractivity contribution in [3.8, 4) is 0 Å². The number of carbonyl (C=O) groups excluding carboxylic acids is 2. The number of nitrogens with zero attached hydrogens (tertiary/aromatic N) is 1. The van der Waals surface area contributed by atoms with Gasteiger partial charge in [-0.2, -0.15) is 4.31 Å². The van der Waals surface area contributed by atoms with E-state index < -0.39 is 15.4 Å². The van der Waals surface area contributed by atoms with Gasteiger partial charge in [0.15, 0.2) is 0 Å². The zero-order chi connectivity index (χ0) is 22.8. The molecule has 0 spiro atoms. The number of rotatable bonds is 5. The molecule has 0 atom stereocenters. The average molecular weight is 460 g/mol. The first-order valence-electron chi connectivity index (χ1n) is 10.8. The third kappa shape index (κ3) is 4.40. The predicted molar refractivity (Wildman–Crippen MR) is 118 cm³/mol. The Hall–Kier alpha value is -2.78. The first kappa shape index (κ1) is 22.4. The summed E-state index contributed by atoms with van der Waals surface area (Å²) < 4.78 is 41.0. The highest BCUT2D eigenvalue weighted by atomic mass is 32.2. The molecule has 4 rings (SSSR count). The second kappa shape index (κ2) is 8.99. The molecule has 1 saturated heterocycles. The van der Waals surface area contributed by atoms with Crippen LogP contribution in [0.3, 0.4) is 0 Å². The van der Waals surface area contributed by atoms with Gasteiger partial charge in [0.05, 0.1) is 16.9 Å². The molecule has 1 aliphatic heterocycles. The largest absolute Gasteiger partial charge is 0.354 e. The summed E-state index contributed by atoms with van der Waals surface area (Å²) in [6.07, 6.45) is 3.93. The molecular weight excluding hydrogens is 433 g/mol. The Bertz CT molecular complexity index is 1130. The van der Waals surface area contributed by atoms with Gasteiger partial charge in [-0.3, -0.25) is 9.59 Å². The molecule has 9 heteroatoms. The maximum Gasteiger partial charge on any atom is 0.243 e. The van der Waals surface area contributed by atoms with Crippen LogP contribution in [-0.4, -0.2) is 44.2 Å². The van der Waals surface area contributed by atoms with Crippen molar-refractivity contribution < 1.29 is 22.4 Å². The lowest BCUT2D eigenvalue weighted by atomic mass is 9.68. The normalized spacial score (nSPS) is 19.2. The lowest BCUT2D eigenvalue weighted by Crippen LogP contribution is -2.49. The molecule has 170 valence electrons. The van der Waals surface area contributed by atoms with Crippen LogP contribution in [0.1, 0.15) is 37.7 Å². The third-order valence-electron chi connectivity index (χ3n) is 6.25. The molecule has 2 aromatic rings. The molecule has 2 amide bonds. The average Bonchev–Trinajstić information content (AvgIpc) is 2.79. The fourth-order valence-corrected chi connectivity index (χ4v) is 5.99. The van der Waals surface area contributed by atoms with E-state index in [0.717, 1.165) is 23.6 Å². The minimum absolute atomic E-state index is 0.00782. The summed E-state index contributed by atoms with van der Waals surface area (Å²) in [6.45, 7) is 0.208. The number of sulfonamides is 1. The van der Waals surface area contributed by atoms with Crippen molar-refractivity contribution in [1.82, 2.24) is 9.62 Å².